The minimum absolute atomic E-state index is 0.0603. The minimum Gasteiger partial charge on any atom is -0.459 e. The summed E-state index contributed by atoms with van der Waals surface area (Å²) in [6.07, 6.45) is -6.85. The Morgan fingerprint density at radius 3 is 2.22 bits per heavy atom. The van der Waals surface area contributed by atoms with Gasteiger partial charge in [-0.15, -0.1) is 0 Å². The largest absolute Gasteiger partial charge is 0.459 e. The van der Waals surface area contributed by atoms with E-state index in [4.69, 9.17) is 33.2 Å². The number of carbonyl (C=O) groups is 2. The number of ether oxygens (including phenoxy) is 7. The summed E-state index contributed by atoms with van der Waals surface area (Å²) in [6, 6.07) is -0.670. The molecule has 5 N–H and O–H groups in total. The normalized spacial score (nSPS) is 44.5. The van der Waals surface area contributed by atoms with E-state index in [1.54, 1.807) is 41.5 Å². The molecule has 16 nitrogen and oxygen atoms in total. The summed E-state index contributed by atoms with van der Waals surface area (Å²) >= 11 is 0. The van der Waals surface area contributed by atoms with Gasteiger partial charge in [-0.25, -0.2) is 0 Å². The zero-order valence-electron chi connectivity index (χ0n) is 39.4. The van der Waals surface area contributed by atoms with Gasteiger partial charge in [-0.05, 0) is 101 Å². The van der Waals surface area contributed by atoms with Crippen molar-refractivity contribution >= 4 is 11.9 Å². The lowest BCUT2D eigenvalue weighted by molar-refractivity contribution is -0.318. The Balaban J connectivity index is 2.15. The predicted molar refractivity (Wildman–Crippen MR) is 226 cm³/mol. The molecule has 0 aromatic heterocycles. The van der Waals surface area contributed by atoms with Crippen LogP contribution in [0.2, 0.25) is 0 Å². The van der Waals surface area contributed by atoms with Crippen molar-refractivity contribution in [2.45, 2.75) is 205 Å². The van der Waals surface area contributed by atoms with Crippen molar-refractivity contribution in [3.05, 3.63) is 0 Å². The van der Waals surface area contributed by atoms with Crippen molar-refractivity contribution < 1.29 is 63.2 Å². The average molecular weight is 862 g/mol. The van der Waals surface area contributed by atoms with Crippen molar-refractivity contribution in [1.82, 2.24) is 15.1 Å². The Labute approximate surface area is 360 Å². The molecule has 0 unspecified atom stereocenters. The molecule has 3 aliphatic heterocycles. The van der Waals surface area contributed by atoms with Crippen LogP contribution in [-0.2, 0) is 42.7 Å². The second-order valence-electron chi connectivity index (χ2n) is 19.1. The van der Waals surface area contributed by atoms with E-state index < -0.39 is 89.9 Å². The first-order chi connectivity index (χ1) is 27.8. The van der Waals surface area contributed by atoms with E-state index in [1.807, 2.05) is 60.7 Å². The van der Waals surface area contributed by atoms with Crippen LogP contribution in [0.15, 0.2) is 0 Å². The van der Waals surface area contributed by atoms with Crippen LogP contribution in [0.5, 0.6) is 0 Å². The fourth-order valence-electron chi connectivity index (χ4n) is 9.66. The van der Waals surface area contributed by atoms with Gasteiger partial charge in [0.05, 0.1) is 41.5 Å². The second-order valence-corrected chi connectivity index (χ2v) is 19.1. The monoisotopic (exact) mass is 862 g/mol. The third-order valence-corrected chi connectivity index (χ3v) is 13.4. The molecule has 0 aromatic carbocycles. The van der Waals surface area contributed by atoms with Crippen molar-refractivity contribution in [2.24, 2.45) is 17.8 Å². The fourth-order valence-corrected chi connectivity index (χ4v) is 9.66. The third kappa shape index (κ3) is 13.0. The number of nitrogens with zero attached hydrogens (tertiary/aromatic N) is 2. The molecule has 0 aliphatic carbocycles. The van der Waals surface area contributed by atoms with E-state index in [0.717, 1.165) is 0 Å². The number of carbonyl (C=O) groups excluding carboxylic acids is 2. The third-order valence-electron chi connectivity index (χ3n) is 13.4. The Morgan fingerprint density at radius 1 is 0.983 bits per heavy atom. The summed E-state index contributed by atoms with van der Waals surface area (Å²) in [5.74, 6) is -2.63. The lowest BCUT2D eigenvalue weighted by atomic mass is 9.77. The second kappa shape index (κ2) is 22.4. The topological polar surface area (TPSA) is 198 Å². The summed E-state index contributed by atoms with van der Waals surface area (Å²) in [5, 5.41) is 50.7. The molecule has 3 heterocycles. The van der Waals surface area contributed by atoms with Gasteiger partial charge in [-0.2, -0.15) is 0 Å². The smallest absolute Gasteiger partial charge is 0.311 e. The van der Waals surface area contributed by atoms with Crippen LogP contribution >= 0.6 is 0 Å². The van der Waals surface area contributed by atoms with Crippen LogP contribution in [-0.4, -0.2) is 180 Å². The number of esters is 1. The first-order valence-electron chi connectivity index (χ1n) is 22.3. The number of amides is 1. The molecule has 18 atom stereocenters. The van der Waals surface area contributed by atoms with E-state index in [1.165, 1.54) is 7.11 Å². The summed E-state index contributed by atoms with van der Waals surface area (Å²) < 4.78 is 44.6. The zero-order valence-corrected chi connectivity index (χ0v) is 39.4. The van der Waals surface area contributed by atoms with Crippen molar-refractivity contribution in [2.75, 3.05) is 47.9 Å². The average Bonchev–Trinajstić information content (AvgIpc) is 3.17. The highest BCUT2D eigenvalue weighted by molar-refractivity contribution is 5.75. The highest BCUT2D eigenvalue weighted by Crippen LogP contribution is 2.40. The quantitative estimate of drug-likeness (QED) is 0.134. The lowest BCUT2D eigenvalue weighted by Crippen LogP contribution is -2.60. The first kappa shape index (κ1) is 52.8. The number of nitrogens with one attached hydrogen (secondary N) is 1. The molecule has 16 heteroatoms. The van der Waals surface area contributed by atoms with E-state index in [9.17, 15) is 30.0 Å². The molecule has 3 saturated heterocycles. The van der Waals surface area contributed by atoms with Crippen molar-refractivity contribution in [3.63, 3.8) is 0 Å². The maximum Gasteiger partial charge on any atom is 0.311 e. The molecular weight excluding hydrogens is 778 g/mol. The van der Waals surface area contributed by atoms with Gasteiger partial charge in [0.2, 0.25) is 5.91 Å². The number of aliphatic hydroxyl groups is 4. The fraction of sp³-hybridized carbons (Fsp3) is 0.955. The molecule has 0 aromatic rings. The molecule has 0 spiro atoms. The molecule has 0 radical (unpaired) electrons. The predicted octanol–water partition coefficient (Wildman–Crippen LogP) is 2.84. The molecule has 3 rings (SSSR count). The molecule has 1 amide bonds. The SMILES string of the molecule is CCC(=O)NCCCO[C@@H]1[C@@H](C)N(C)C[C@H](C)C[C@@](C)(O)[C@H](O[C@@H]2O[C@H](C)C[C@H](N(C)C)[C@H]2O)[C@@H](C)[C@H](O[C@H]2C[C@@](C)(OC)[C@@H](O)[C@H](C)O2)[C@@H](C)C(=O)O[C@H](CC)[C@@]1(C)O. The van der Waals surface area contributed by atoms with E-state index >= 15 is 0 Å². The van der Waals surface area contributed by atoms with Gasteiger partial charge in [0.1, 0.15) is 30.0 Å². The highest BCUT2D eigenvalue weighted by atomic mass is 16.7. The van der Waals surface area contributed by atoms with Gasteiger partial charge in [0, 0.05) is 57.6 Å². The molecule has 3 fully saturated rings. The van der Waals surface area contributed by atoms with Crippen LogP contribution in [0, 0.1) is 17.8 Å². The van der Waals surface area contributed by atoms with Crippen LogP contribution in [0.3, 0.4) is 0 Å². The Bertz CT molecular complexity index is 1340. The van der Waals surface area contributed by atoms with Gasteiger partial charge in [-0.3, -0.25) is 9.59 Å². The summed E-state index contributed by atoms with van der Waals surface area (Å²) in [7, 11) is 7.23. The van der Waals surface area contributed by atoms with Crippen molar-refractivity contribution in [3.8, 4) is 0 Å². The maximum atomic E-state index is 14.6. The number of hydrogen-bond donors (Lipinski definition) is 5. The summed E-state index contributed by atoms with van der Waals surface area (Å²) in [6.45, 7) is 21.0. The molecule has 0 saturated carbocycles. The molecular formula is C44H83N3O13. The van der Waals surface area contributed by atoms with Gasteiger partial charge in [0.15, 0.2) is 12.6 Å². The van der Waals surface area contributed by atoms with Gasteiger partial charge in [-0.1, -0.05) is 27.7 Å². The number of methoxy groups -OCH3 is 1. The number of cyclic esters (lactones) is 1. The molecule has 60 heavy (non-hydrogen) atoms. The Morgan fingerprint density at radius 2 is 1.63 bits per heavy atom. The van der Waals surface area contributed by atoms with Crippen LogP contribution in [0.4, 0.5) is 0 Å². The maximum absolute atomic E-state index is 14.6. The van der Waals surface area contributed by atoms with E-state index in [-0.39, 0.29) is 55.9 Å². The Hall–Kier alpha value is -1.54. The number of hydrogen-bond acceptors (Lipinski definition) is 15. The van der Waals surface area contributed by atoms with E-state index in [0.29, 0.717) is 32.4 Å². The molecule has 3 aliphatic rings. The minimum atomic E-state index is -1.67. The van der Waals surface area contributed by atoms with Crippen LogP contribution in [0.25, 0.3) is 0 Å². The summed E-state index contributed by atoms with van der Waals surface area (Å²) in [4.78, 5) is 30.5. The number of rotatable bonds is 13. The Kier molecular flexibility index (Phi) is 19.7. The van der Waals surface area contributed by atoms with Crippen molar-refractivity contribution in [1.29, 1.82) is 0 Å². The first-order valence-corrected chi connectivity index (χ1v) is 22.3. The van der Waals surface area contributed by atoms with Gasteiger partial charge >= 0.3 is 5.97 Å². The van der Waals surface area contributed by atoms with Crippen LogP contribution < -0.4 is 5.32 Å². The number of aliphatic hydroxyl groups excluding tert-OH is 2. The lowest BCUT2D eigenvalue weighted by Gasteiger charge is -2.48. The highest BCUT2D eigenvalue weighted by Gasteiger charge is 2.53. The zero-order chi connectivity index (χ0) is 45.5. The van der Waals surface area contributed by atoms with E-state index in [2.05, 4.69) is 10.2 Å². The van der Waals surface area contributed by atoms with Crippen LogP contribution in [0.1, 0.15) is 115 Å². The number of likely N-dealkylation sites (N-methyl/N-ethyl adjacent to an activating group) is 2. The molecule has 0 bridgehead atoms. The van der Waals surface area contributed by atoms with Gasteiger partial charge < -0.3 is 68.7 Å². The standard InChI is InChI=1S/C44H83N3O13/c1-16-32-44(11,53)39(55-20-18-19-45-33(48)17-2)29(7)47(14)24-25(3)22-42(9,52)38(60-41-35(49)31(46(12)13)21-26(4)56-41)27(5)36(28(6)40(51)58-32)59-34-23-43(10,54-15)37(50)30(8)57-34/h25-32,34-39,41,49-50,52-53H,16-24H2,1-15H3,(H,45,48)/t25-,26-,27+,28-,29-,30+,31+,32-,34+,35-,36+,37+,38-,39-,41+,42-,43-,44-/m1/s1. The van der Waals surface area contributed by atoms with Gasteiger partial charge in [0.25, 0.3) is 0 Å². The molecule has 352 valence electrons. The summed E-state index contributed by atoms with van der Waals surface area (Å²) in [5.41, 5.74) is -4.27.